The van der Waals surface area contributed by atoms with Crippen LogP contribution in [0, 0.1) is 0 Å². The van der Waals surface area contributed by atoms with Crippen molar-refractivity contribution in [2.24, 2.45) is 0 Å². The van der Waals surface area contributed by atoms with Gasteiger partial charge in [0.05, 0.1) is 0 Å². The molecule has 2 rings (SSSR count). The molecule has 0 saturated carbocycles. The molecule has 0 bridgehead atoms. The number of nitrogens with one attached hydrogen (secondary N) is 3. The van der Waals surface area contributed by atoms with E-state index in [2.05, 4.69) is 23.1 Å². The van der Waals surface area contributed by atoms with Gasteiger partial charge in [-0.25, -0.2) is 0 Å². The van der Waals surface area contributed by atoms with Crippen molar-refractivity contribution in [3.63, 3.8) is 0 Å². The van der Waals surface area contributed by atoms with Gasteiger partial charge in [0.2, 0.25) is 5.91 Å². The standard InChI is InChI=1S/C20H23N3O2S/c1-2-3-5-10-18(24)21-20(26)23-22-19(25)17-13-11-16(12-14-17)15-8-6-4-7-9-15/h4,6-9,11-14H,2-3,5,10H2,1H3,(H,22,25)(H2,21,23,24,26). The van der Waals surface area contributed by atoms with Gasteiger partial charge in [0.1, 0.15) is 0 Å². The van der Waals surface area contributed by atoms with Gasteiger partial charge >= 0.3 is 0 Å². The number of rotatable bonds is 6. The van der Waals surface area contributed by atoms with Gasteiger partial charge in [-0.2, -0.15) is 0 Å². The minimum atomic E-state index is -0.327. The molecule has 136 valence electrons. The Labute approximate surface area is 159 Å². The van der Waals surface area contributed by atoms with Crippen molar-refractivity contribution < 1.29 is 9.59 Å². The van der Waals surface area contributed by atoms with Crippen LogP contribution in [0.3, 0.4) is 0 Å². The number of carbonyl (C=O) groups excluding carboxylic acids is 2. The van der Waals surface area contributed by atoms with Crippen LogP contribution in [-0.4, -0.2) is 16.9 Å². The van der Waals surface area contributed by atoms with Crippen molar-refractivity contribution in [3.8, 4) is 11.1 Å². The second-order valence-electron chi connectivity index (χ2n) is 5.86. The summed E-state index contributed by atoms with van der Waals surface area (Å²) in [7, 11) is 0. The van der Waals surface area contributed by atoms with E-state index in [1.807, 2.05) is 42.5 Å². The summed E-state index contributed by atoms with van der Waals surface area (Å²) >= 11 is 5.00. The Morgan fingerprint density at radius 3 is 2.19 bits per heavy atom. The van der Waals surface area contributed by atoms with Gasteiger partial charge < -0.3 is 5.32 Å². The van der Waals surface area contributed by atoms with Gasteiger partial charge in [0, 0.05) is 12.0 Å². The fourth-order valence-corrected chi connectivity index (χ4v) is 2.55. The highest BCUT2D eigenvalue weighted by Crippen LogP contribution is 2.19. The molecule has 0 fully saturated rings. The van der Waals surface area contributed by atoms with Crippen LogP contribution >= 0.6 is 12.2 Å². The first-order valence-electron chi connectivity index (χ1n) is 8.66. The van der Waals surface area contributed by atoms with Crippen molar-refractivity contribution in [2.45, 2.75) is 32.6 Å². The average molecular weight is 369 g/mol. The molecule has 0 radical (unpaired) electrons. The van der Waals surface area contributed by atoms with E-state index in [9.17, 15) is 9.59 Å². The molecular weight excluding hydrogens is 346 g/mol. The number of hydrogen-bond acceptors (Lipinski definition) is 3. The maximum Gasteiger partial charge on any atom is 0.269 e. The van der Waals surface area contributed by atoms with Crippen molar-refractivity contribution in [3.05, 3.63) is 60.2 Å². The maximum atomic E-state index is 12.1. The molecule has 2 aromatic carbocycles. The van der Waals surface area contributed by atoms with Gasteiger partial charge in [-0.3, -0.25) is 20.4 Å². The molecule has 0 aliphatic rings. The average Bonchev–Trinajstić information content (AvgIpc) is 2.67. The monoisotopic (exact) mass is 369 g/mol. The van der Waals surface area contributed by atoms with Crippen molar-refractivity contribution in [2.75, 3.05) is 0 Å². The zero-order chi connectivity index (χ0) is 18.8. The van der Waals surface area contributed by atoms with Crippen molar-refractivity contribution >= 4 is 29.1 Å². The lowest BCUT2D eigenvalue weighted by atomic mass is 10.0. The predicted molar refractivity (Wildman–Crippen MR) is 107 cm³/mol. The second kappa shape index (κ2) is 10.3. The second-order valence-corrected chi connectivity index (χ2v) is 6.27. The van der Waals surface area contributed by atoms with E-state index in [0.717, 1.165) is 30.4 Å². The summed E-state index contributed by atoms with van der Waals surface area (Å²) in [5.41, 5.74) is 7.65. The lowest BCUT2D eigenvalue weighted by Gasteiger charge is -2.11. The summed E-state index contributed by atoms with van der Waals surface area (Å²) in [6, 6.07) is 17.2. The number of hydrazine groups is 1. The fraction of sp³-hybridized carbons (Fsp3) is 0.250. The van der Waals surface area contributed by atoms with Crippen LogP contribution < -0.4 is 16.2 Å². The maximum absolute atomic E-state index is 12.1. The quantitative estimate of drug-likeness (QED) is 0.414. The van der Waals surface area contributed by atoms with Crippen LogP contribution in [0.4, 0.5) is 0 Å². The molecule has 0 saturated heterocycles. The highest BCUT2D eigenvalue weighted by Gasteiger charge is 2.08. The van der Waals surface area contributed by atoms with Gasteiger partial charge in [0.15, 0.2) is 5.11 Å². The number of unbranched alkanes of at least 4 members (excludes halogenated alkanes) is 2. The summed E-state index contributed by atoms with van der Waals surface area (Å²) in [5.74, 6) is -0.482. The first-order chi connectivity index (χ1) is 12.6. The van der Waals surface area contributed by atoms with Gasteiger partial charge in [-0.1, -0.05) is 62.2 Å². The first kappa shape index (κ1) is 19.6. The molecule has 26 heavy (non-hydrogen) atoms. The van der Waals surface area contributed by atoms with Crippen LogP contribution in [0.2, 0.25) is 0 Å². The van der Waals surface area contributed by atoms with Crippen LogP contribution in [0.15, 0.2) is 54.6 Å². The molecule has 0 aromatic heterocycles. The molecule has 0 atom stereocenters. The Kier molecular flexibility index (Phi) is 7.76. The third-order valence-electron chi connectivity index (χ3n) is 3.80. The number of hydrogen-bond donors (Lipinski definition) is 3. The largest absolute Gasteiger partial charge is 0.302 e. The summed E-state index contributed by atoms with van der Waals surface area (Å²) in [6.07, 6.45) is 3.30. The van der Waals surface area contributed by atoms with Crippen LogP contribution in [0.5, 0.6) is 0 Å². The lowest BCUT2D eigenvalue weighted by molar-refractivity contribution is -0.119. The van der Waals surface area contributed by atoms with E-state index in [4.69, 9.17) is 12.2 Å². The van der Waals surface area contributed by atoms with E-state index in [0.29, 0.717) is 12.0 Å². The zero-order valence-corrected chi connectivity index (χ0v) is 15.6. The van der Waals surface area contributed by atoms with Crippen LogP contribution in [0.25, 0.3) is 11.1 Å². The third kappa shape index (κ3) is 6.29. The fourth-order valence-electron chi connectivity index (χ4n) is 2.39. The van der Waals surface area contributed by atoms with Crippen molar-refractivity contribution in [1.82, 2.24) is 16.2 Å². The van der Waals surface area contributed by atoms with E-state index < -0.39 is 0 Å². The molecule has 3 N–H and O–H groups in total. The highest BCUT2D eigenvalue weighted by molar-refractivity contribution is 7.80. The van der Waals surface area contributed by atoms with E-state index in [-0.39, 0.29) is 16.9 Å². The third-order valence-corrected chi connectivity index (χ3v) is 4.01. The highest BCUT2D eigenvalue weighted by atomic mass is 32.1. The Morgan fingerprint density at radius 2 is 1.54 bits per heavy atom. The normalized spacial score (nSPS) is 10.0. The van der Waals surface area contributed by atoms with Gasteiger partial charge in [-0.15, -0.1) is 0 Å². The topological polar surface area (TPSA) is 70.2 Å². The van der Waals surface area contributed by atoms with Crippen LogP contribution in [-0.2, 0) is 4.79 Å². The Hall–Kier alpha value is -2.73. The van der Waals surface area contributed by atoms with E-state index >= 15 is 0 Å². The summed E-state index contributed by atoms with van der Waals surface area (Å²) < 4.78 is 0. The number of benzene rings is 2. The van der Waals surface area contributed by atoms with Crippen LogP contribution in [0.1, 0.15) is 43.0 Å². The SMILES string of the molecule is CCCCCC(=O)NC(=S)NNC(=O)c1ccc(-c2ccccc2)cc1. The molecule has 5 nitrogen and oxygen atoms in total. The summed E-state index contributed by atoms with van der Waals surface area (Å²) in [4.78, 5) is 23.8. The summed E-state index contributed by atoms with van der Waals surface area (Å²) in [6.45, 7) is 2.08. The molecule has 0 aliphatic carbocycles. The molecule has 0 aliphatic heterocycles. The van der Waals surface area contributed by atoms with Crippen molar-refractivity contribution in [1.29, 1.82) is 0 Å². The van der Waals surface area contributed by atoms with E-state index in [1.165, 1.54) is 0 Å². The smallest absolute Gasteiger partial charge is 0.269 e. The van der Waals surface area contributed by atoms with E-state index in [1.54, 1.807) is 12.1 Å². The Bertz CT molecular complexity index is 745. The molecule has 6 heteroatoms. The minimum absolute atomic E-state index is 0.0840. The molecule has 0 unspecified atom stereocenters. The zero-order valence-electron chi connectivity index (χ0n) is 14.7. The lowest BCUT2D eigenvalue weighted by Crippen LogP contribution is -2.48. The minimum Gasteiger partial charge on any atom is -0.302 e. The number of thiocarbonyl (C=S) groups is 1. The summed E-state index contributed by atoms with van der Waals surface area (Å²) in [5, 5.41) is 2.63. The predicted octanol–water partition coefficient (Wildman–Crippen LogP) is 3.57. The Morgan fingerprint density at radius 1 is 0.885 bits per heavy atom. The Balaban J connectivity index is 1.80. The molecule has 0 spiro atoms. The molecule has 2 amide bonds. The van der Waals surface area contributed by atoms with Gasteiger partial charge in [0.25, 0.3) is 5.91 Å². The number of carbonyl (C=O) groups is 2. The molecular formula is C20H23N3O2S. The first-order valence-corrected chi connectivity index (χ1v) is 9.06. The molecule has 2 aromatic rings. The number of amides is 2. The van der Waals surface area contributed by atoms with Gasteiger partial charge in [-0.05, 0) is 41.9 Å². The molecule has 0 heterocycles.